The molecular formula is C21H26F3N3O7. The monoisotopic (exact) mass is 489 g/mol. The second kappa shape index (κ2) is 13.4. The summed E-state index contributed by atoms with van der Waals surface area (Å²) in [6, 6.07) is 6.52. The van der Waals surface area contributed by atoms with E-state index in [0.29, 0.717) is 19.1 Å². The minimum absolute atomic E-state index is 0.0321. The van der Waals surface area contributed by atoms with Gasteiger partial charge in [-0.1, -0.05) is 0 Å². The van der Waals surface area contributed by atoms with E-state index in [1.165, 1.54) is 13.1 Å². The number of hydrazone groups is 1. The molecule has 1 heterocycles. The van der Waals surface area contributed by atoms with Crippen molar-refractivity contribution in [3.63, 3.8) is 0 Å². The fraction of sp³-hybridized carbons (Fsp3) is 0.476. The molecule has 0 spiro atoms. The lowest BCUT2D eigenvalue weighted by Gasteiger charge is -2.33. The third-order valence-electron chi connectivity index (χ3n) is 4.66. The van der Waals surface area contributed by atoms with Crippen LogP contribution >= 0.6 is 0 Å². The molecule has 1 aliphatic rings. The van der Waals surface area contributed by atoms with Crippen LogP contribution in [0, 0.1) is 0 Å². The normalized spacial score (nSPS) is 16.1. The highest BCUT2D eigenvalue weighted by atomic mass is 19.4. The number of nitrogens with one attached hydrogen (secondary N) is 1. The zero-order valence-electron chi connectivity index (χ0n) is 18.3. The number of ether oxygens (including phenoxy) is 2. The van der Waals surface area contributed by atoms with Gasteiger partial charge in [0.05, 0.1) is 12.3 Å². The highest BCUT2D eigenvalue weighted by molar-refractivity contribution is 6.07. The summed E-state index contributed by atoms with van der Waals surface area (Å²) in [4.78, 5) is 45.0. The molecule has 1 fully saturated rings. The first-order valence-corrected chi connectivity index (χ1v) is 10.1. The lowest BCUT2D eigenvalue weighted by molar-refractivity contribution is -0.192. The standard InChI is InChI=1S/C19H25N3O5.C2HF3O2/c1-19(17(24)3-2-12-23,27-16-8-10-21-11-9-16)18(25)26-15-6-4-14(5-7-15)13-22-20;3-2(4,5)1(6)7/h4-7,12-13,16,21H,2-3,8-11,20H2,1H3;(H,6,7). The number of hydrogen-bond acceptors (Lipinski definition) is 9. The number of benzene rings is 1. The van der Waals surface area contributed by atoms with Gasteiger partial charge in [-0.3, -0.25) is 4.79 Å². The molecule has 0 amide bonds. The summed E-state index contributed by atoms with van der Waals surface area (Å²) in [5, 5.41) is 13.7. The molecule has 2 rings (SSSR count). The summed E-state index contributed by atoms with van der Waals surface area (Å²) in [5.41, 5.74) is -1.02. The summed E-state index contributed by atoms with van der Waals surface area (Å²) in [6.07, 6.45) is -1.87. The minimum atomic E-state index is -5.08. The van der Waals surface area contributed by atoms with Crippen LogP contribution in [0.1, 0.15) is 38.2 Å². The van der Waals surface area contributed by atoms with Gasteiger partial charge in [0, 0.05) is 12.8 Å². The molecule has 0 aliphatic carbocycles. The fourth-order valence-corrected chi connectivity index (χ4v) is 2.82. The average molecular weight is 489 g/mol. The number of carboxylic acids is 1. The van der Waals surface area contributed by atoms with Crippen molar-refractivity contribution in [2.45, 2.75) is 50.5 Å². The molecule has 0 aromatic heterocycles. The maximum atomic E-state index is 12.8. The topological polar surface area (TPSA) is 157 Å². The number of aliphatic carboxylic acids is 1. The summed E-state index contributed by atoms with van der Waals surface area (Å²) in [5.74, 6) is 1.36. The van der Waals surface area contributed by atoms with Crippen LogP contribution in [0.5, 0.6) is 5.75 Å². The highest BCUT2D eigenvalue weighted by Gasteiger charge is 2.45. The van der Waals surface area contributed by atoms with E-state index >= 15 is 0 Å². The van der Waals surface area contributed by atoms with Gasteiger partial charge in [-0.25, -0.2) is 9.59 Å². The Morgan fingerprint density at radius 2 is 1.76 bits per heavy atom. The van der Waals surface area contributed by atoms with Gasteiger partial charge in [-0.05, 0) is 62.7 Å². The molecule has 1 aliphatic heterocycles. The number of carbonyl (C=O) groups excluding carboxylic acids is 3. The lowest BCUT2D eigenvalue weighted by atomic mass is 9.95. The number of carboxylic acid groups (broad SMARTS) is 1. The molecular weight excluding hydrogens is 463 g/mol. The Morgan fingerprint density at radius 3 is 2.24 bits per heavy atom. The molecule has 34 heavy (non-hydrogen) atoms. The Balaban J connectivity index is 0.000000718. The number of esters is 1. The van der Waals surface area contributed by atoms with E-state index in [0.717, 1.165) is 18.7 Å². The van der Waals surface area contributed by atoms with Crippen LogP contribution in [-0.4, -0.2) is 66.3 Å². The van der Waals surface area contributed by atoms with Crippen LogP contribution in [0.15, 0.2) is 29.4 Å². The number of carbonyl (C=O) groups is 4. The molecule has 0 bridgehead atoms. The number of nitrogens with two attached hydrogens (primary N) is 1. The van der Waals surface area contributed by atoms with Crippen molar-refractivity contribution in [3.8, 4) is 5.75 Å². The van der Waals surface area contributed by atoms with Crippen LogP contribution in [0.4, 0.5) is 13.2 Å². The van der Waals surface area contributed by atoms with Gasteiger partial charge in [0.2, 0.25) is 5.60 Å². The van der Waals surface area contributed by atoms with Crippen LogP contribution < -0.4 is 15.9 Å². The predicted octanol–water partition coefficient (Wildman–Crippen LogP) is 1.59. The molecule has 1 atom stereocenters. The maximum Gasteiger partial charge on any atom is 0.490 e. The number of Topliss-reactive ketones (excluding diaryl/α,β-unsaturated/α-hetero) is 1. The highest BCUT2D eigenvalue weighted by Crippen LogP contribution is 2.25. The van der Waals surface area contributed by atoms with Crippen molar-refractivity contribution in [2.24, 2.45) is 10.9 Å². The first kappa shape index (κ1) is 28.7. The van der Waals surface area contributed by atoms with Crippen molar-refractivity contribution in [1.82, 2.24) is 5.32 Å². The van der Waals surface area contributed by atoms with E-state index in [1.807, 2.05) is 0 Å². The Bertz CT molecular complexity index is 869. The van der Waals surface area contributed by atoms with Gasteiger partial charge >= 0.3 is 18.1 Å². The smallest absolute Gasteiger partial charge is 0.475 e. The van der Waals surface area contributed by atoms with E-state index in [9.17, 15) is 27.6 Å². The Labute approximate surface area is 193 Å². The van der Waals surface area contributed by atoms with Crippen LogP contribution in [-0.2, 0) is 23.9 Å². The summed E-state index contributed by atoms with van der Waals surface area (Å²) in [7, 11) is 0. The number of nitrogens with zero attached hydrogens (tertiary/aromatic N) is 1. The molecule has 188 valence electrons. The van der Waals surface area contributed by atoms with Gasteiger partial charge in [0.25, 0.3) is 0 Å². The molecule has 0 radical (unpaired) electrons. The van der Waals surface area contributed by atoms with E-state index in [-0.39, 0.29) is 24.7 Å². The van der Waals surface area contributed by atoms with Crippen molar-refractivity contribution in [3.05, 3.63) is 29.8 Å². The molecule has 10 nitrogen and oxygen atoms in total. The van der Waals surface area contributed by atoms with Crippen LogP contribution in [0.2, 0.25) is 0 Å². The first-order chi connectivity index (χ1) is 15.9. The predicted molar refractivity (Wildman–Crippen MR) is 113 cm³/mol. The van der Waals surface area contributed by atoms with Gasteiger partial charge < -0.3 is 30.5 Å². The van der Waals surface area contributed by atoms with Gasteiger partial charge in [0.1, 0.15) is 12.0 Å². The maximum absolute atomic E-state index is 12.8. The second-order valence-corrected chi connectivity index (χ2v) is 7.27. The number of aldehydes is 1. The summed E-state index contributed by atoms with van der Waals surface area (Å²) < 4.78 is 43.0. The van der Waals surface area contributed by atoms with E-state index in [2.05, 4.69) is 10.4 Å². The molecule has 1 saturated heterocycles. The summed E-state index contributed by atoms with van der Waals surface area (Å²) >= 11 is 0. The summed E-state index contributed by atoms with van der Waals surface area (Å²) in [6.45, 7) is 2.92. The van der Waals surface area contributed by atoms with Crippen molar-refractivity contribution >= 4 is 30.2 Å². The van der Waals surface area contributed by atoms with E-state index in [4.69, 9.17) is 25.2 Å². The average Bonchev–Trinajstić information content (AvgIpc) is 2.79. The minimum Gasteiger partial charge on any atom is -0.475 e. The molecule has 4 N–H and O–H groups in total. The number of alkyl halides is 3. The van der Waals surface area contributed by atoms with Crippen molar-refractivity contribution in [1.29, 1.82) is 0 Å². The first-order valence-electron chi connectivity index (χ1n) is 10.1. The second-order valence-electron chi connectivity index (χ2n) is 7.27. The number of hydrogen-bond donors (Lipinski definition) is 3. The number of halogens is 3. The lowest BCUT2D eigenvalue weighted by Crippen LogP contribution is -2.52. The zero-order chi connectivity index (χ0) is 25.8. The number of piperidine rings is 1. The SMILES string of the molecule is CC(OC1CCNCC1)(C(=O)CCC=O)C(=O)Oc1ccc(C=NN)cc1.O=C(O)C(F)(F)F. The quantitative estimate of drug-likeness (QED) is 0.0891. The molecule has 1 aromatic carbocycles. The van der Waals surface area contributed by atoms with E-state index in [1.54, 1.807) is 24.3 Å². The Hall–Kier alpha value is -3.32. The molecule has 0 saturated carbocycles. The Kier molecular flexibility index (Phi) is 11.3. The van der Waals surface area contributed by atoms with E-state index < -0.39 is 29.5 Å². The van der Waals surface area contributed by atoms with Gasteiger partial charge in [0.15, 0.2) is 5.78 Å². The van der Waals surface area contributed by atoms with Crippen molar-refractivity contribution < 1.29 is 46.9 Å². The molecule has 1 unspecified atom stereocenters. The van der Waals surface area contributed by atoms with Gasteiger partial charge in [-0.2, -0.15) is 18.3 Å². The number of ketones is 1. The van der Waals surface area contributed by atoms with Crippen LogP contribution in [0.25, 0.3) is 0 Å². The van der Waals surface area contributed by atoms with Crippen molar-refractivity contribution in [2.75, 3.05) is 13.1 Å². The third-order valence-corrected chi connectivity index (χ3v) is 4.66. The third kappa shape index (κ3) is 9.27. The van der Waals surface area contributed by atoms with Gasteiger partial charge in [-0.15, -0.1) is 0 Å². The molecule has 1 aromatic rings. The van der Waals surface area contributed by atoms with Crippen LogP contribution in [0.3, 0.4) is 0 Å². The largest absolute Gasteiger partial charge is 0.490 e. The zero-order valence-corrected chi connectivity index (χ0v) is 18.3. The fourth-order valence-electron chi connectivity index (χ4n) is 2.82. The molecule has 13 heteroatoms. The Morgan fingerprint density at radius 1 is 1.21 bits per heavy atom. The number of rotatable bonds is 9.